The van der Waals surface area contributed by atoms with Gasteiger partial charge in [-0.3, -0.25) is 9.59 Å². The molecule has 0 aliphatic carbocycles. The van der Waals surface area contributed by atoms with Gasteiger partial charge in [-0.1, -0.05) is 84.9 Å². The van der Waals surface area contributed by atoms with Crippen LogP contribution in [0.4, 0.5) is 27.5 Å². The average Bonchev–Trinajstić information content (AvgIpc) is 3.01. The highest BCUT2D eigenvalue weighted by Gasteiger charge is 2.12. The molecule has 204 valence electrons. The van der Waals surface area contributed by atoms with Gasteiger partial charge in [0.05, 0.1) is 0 Å². The zero-order chi connectivity index (χ0) is 28.9. The van der Waals surface area contributed by atoms with E-state index < -0.39 is 6.03 Å². The molecular formula is C35H26N4O3. The number of amides is 4. The van der Waals surface area contributed by atoms with Crippen LogP contribution in [-0.2, 0) is 0 Å². The molecule has 42 heavy (non-hydrogen) atoms. The summed E-state index contributed by atoms with van der Waals surface area (Å²) in [6.45, 7) is 0. The summed E-state index contributed by atoms with van der Waals surface area (Å²) in [4.78, 5) is 38.8. The number of fused-ring (bicyclic) bond motifs is 2. The Labute approximate surface area is 242 Å². The van der Waals surface area contributed by atoms with Crippen molar-refractivity contribution in [3.8, 4) is 0 Å². The topological polar surface area (TPSA) is 99.3 Å². The highest BCUT2D eigenvalue weighted by molar-refractivity contribution is 6.11. The SMILES string of the molecule is O=C(Nc1cccc(C(=O)Nc2cccc3ccccc23)c1)Nc1cccc(C(=O)Nc2cccc3ccccc23)c1. The molecule has 0 aromatic heterocycles. The number of carbonyl (C=O) groups excluding carboxylic acids is 3. The molecule has 6 rings (SSSR count). The summed E-state index contributed by atoms with van der Waals surface area (Å²) in [5.74, 6) is -0.583. The number of benzene rings is 6. The lowest BCUT2D eigenvalue weighted by Gasteiger charge is -2.12. The first-order chi connectivity index (χ1) is 20.5. The Hall–Kier alpha value is -5.95. The van der Waals surface area contributed by atoms with Crippen molar-refractivity contribution >= 4 is 62.1 Å². The molecule has 6 aromatic carbocycles. The summed E-state index contributed by atoms with van der Waals surface area (Å²) in [5, 5.41) is 15.4. The van der Waals surface area contributed by atoms with E-state index in [1.54, 1.807) is 48.5 Å². The van der Waals surface area contributed by atoms with Crippen molar-refractivity contribution in [3.05, 3.63) is 145 Å². The van der Waals surface area contributed by atoms with Crippen LogP contribution in [0, 0.1) is 0 Å². The van der Waals surface area contributed by atoms with E-state index in [2.05, 4.69) is 21.3 Å². The van der Waals surface area contributed by atoms with Crippen LogP contribution in [-0.4, -0.2) is 17.8 Å². The number of anilines is 4. The third-order valence-corrected chi connectivity index (χ3v) is 6.84. The van der Waals surface area contributed by atoms with Gasteiger partial charge in [0.15, 0.2) is 0 Å². The molecule has 0 aliphatic heterocycles. The minimum atomic E-state index is -0.506. The Morgan fingerprint density at radius 1 is 0.405 bits per heavy atom. The summed E-state index contributed by atoms with van der Waals surface area (Å²) in [6, 6.07) is 40.0. The molecule has 7 heteroatoms. The average molecular weight is 551 g/mol. The summed E-state index contributed by atoms with van der Waals surface area (Å²) < 4.78 is 0. The third kappa shape index (κ3) is 5.80. The summed E-state index contributed by atoms with van der Waals surface area (Å²) in [7, 11) is 0. The first-order valence-electron chi connectivity index (χ1n) is 13.4. The van der Waals surface area contributed by atoms with E-state index in [-0.39, 0.29) is 11.8 Å². The smallest absolute Gasteiger partial charge is 0.321 e. The standard InChI is InChI=1S/C35H26N4O3/c40-33(38-31-19-7-11-23-9-1-3-17-29(23)31)25-13-5-15-27(21-25)36-35(42)37-28-16-6-14-26(22-28)34(41)39-32-20-8-12-24-10-2-4-18-30(24)32/h1-22H,(H,38,40)(H,39,41)(H2,36,37,42). The van der Waals surface area contributed by atoms with Crippen LogP contribution in [0.1, 0.15) is 20.7 Å². The lowest BCUT2D eigenvalue weighted by atomic mass is 10.1. The van der Waals surface area contributed by atoms with Crippen LogP contribution in [0.2, 0.25) is 0 Å². The molecule has 7 nitrogen and oxygen atoms in total. The molecule has 0 saturated carbocycles. The quantitative estimate of drug-likeness (QED) is 0.168. The van der Waals surface area contributed by atoms with Crippen LogP contribution in [0.25, 0.3) is 21.5 Å². The van der Waals surface area contributed by atoms with Gasteiger partial charge in [0.2, 0.25) is 0 Å². The fourth-order valence-electron chi connectivity index (χ4n) is 4.83. The molecule has 6 aromatic rings. The largest absolute Gasteiger partial charge is 0.323 e. The molecule has 0 fully saturated rings. The number of hydrogen-bond donors (Lipinski definition) is 4. The van der Waals surface area contributed by atoms with Crippen LogP contribution in [0.5, 0.6) is 0 Å². The third-order valence-electron chi connectivity index (χ3n) is 6.84. The number of nitrogens with one attached hydrogen (secondary N) is 4. The van der Waals surface area contributed by atoms with Crippen molar-refractivity contribution in [1.82, 2.24) is 0 Å². The highest BCUT2D eigenvalue weighted by Crippen LogP contribution is 2.25. The van der Waals surface area contributed by atoms with Crippen molar-refractivity contribution in [2.45, 2.75) is 0 Å². The van der Waals surface area contributed by atoms with Crippen LogP contribution in [0.3, 0.4) is 0 Å². The summed E-state index contributed by atoms with van der Waals surface area (Å²) in [5.41, 5.74) is 3.10. The molecule has 0 bridgehead atoms. The van der Waals surface area contributed by atoms with Gasteiger partial charge in [-0.2, -0.15) is 0 Å². The molecule has 4 N–H and O–H groups in total. The van der Waals surface area contributed by atoms with Gasteiger partial charge >= 0.3 is 6.03 Å². The molecular weight excluding hydrogens is 524 g/mol. The van der Waals surface area contributed by atoms with Gasteiger partial charge in [-0.15, -0.1) is 0 Å². The predicted molar refractivity (Wildman–Crippen MR) is 169 cm³/mol. The van der Waals surface area contributed by atoms with E-state index >= 15 is 0 Å². The Morgan fingerprint density at radius 3 is 1.29 bits per heavy atom. The molecule has 0 heterocycles. The van der Waals surface area contributed by atoms with Crippen molar-refractivity contribution < 1.29 is 14.4 Å². The lowest BCUT2D eigenvalue weighted by Crippen LogP contribution is -2.20. The predicted octanol–water partition coefficient (Wildman–Crippen LogP) is 8.14. The second kappa shape index (κ2) is 11.7. The van der Waals surface area contributed by atoms with Crippen LogP contribution >= 0.6 is 0 Å². The maximum absolute atomic E-state index is 13.0. The normalized spacial score (nSPS) is 10.7. The first kappa shape index (κ1) is 26.3. The van der Waals surface area contributed by atoms with Crippen LogP contribution in [0.15, 0.2) is 133 Å². The summed E-state index contributed by atoms with van der Waals surface area (Å²) in [6.07, 6.45) is 0. The Bertz CT molecular complexity index is 1820. The van der Waals surface area contributed by atoms with E-state index in [1.165, 1.54) is 0 Å². The van der Waals surface area contributed by atoms with Gasteiger partial charge in [0.1, 0.15) is 0 Å². The Kier molecular flexibility index (Phi) is 7.29. The molecule has 0 radical (unpaired) electrons. The van der Waals surface area contributed by atoms with Crippen molar-refractivity contribution in [2.75, 3.05) is 21.3 Å². The maximum Gasteiger partial charge on any atom is 0.323 e. The minimum Gasteiger partial charge on any atom is -0.321 e. The van der Waals surface area contributed by atoms with E-state index in [0.29, 0.717) is 33.9 Å². The molecule has 0 unspecified atom stereocenters. The zero-order valence-corrected chi connectivity index (χ0v) is 22.4. The Morgan fingerprint density at radius 2 is 0.810 bits per heavy atom. The number of rotatable bonds is 6. The van der Waals surface area contributed by atoms with Crippen molar-refractivity contribution in [1.29, 1.82) is 0 Å². The number of hydrogen-bond acceptors (Lipinski definition) is 3. The molecule has 4 amide bonds. The lowest BCUT2D eigenvalue weighted by molar-refractivity contribution is 0.101. The highest BCUT2D eigenvalue weighted by atomic mass is 16.2. The second-order valence-corrected chi connectivity index (χ2v) is 9.70. The molecule has 0 spiro atoms. The minimum absolute atomic E-state index is 0.291. The maximum atomic E-state index is 13.0. The zero-order valence-electron chi connectivity index (χ0n) is 22.4. The van der Waals surface area contributed by atoms with Crippen LogP contribution < -0.4 is 21.3 Å². The fraction of sp³-hybridized carbons (Fsp3) is 0. The van der Waals surface area contributed by atoms with Crippen molar-refractivity contribution in [2.24, 2.45) is 0 Å². The van der Waals surface area contributed by atoms with Gasteiger partial charge in [0.25, 0.3) is 11.8 Å². The van der Waals surface area contributed by atoms with Gasteiger partial charge in [0, 0.05) is 44.6 Å². The van der Waals surface area contributed by atoms with Crippen molar-refractivity contribution in [3.63, 3.8) is 0 Å². The van der Waals surface area contributed by atoms with E-state index in [9.17, 15) is 14.4 Å². The fourth-order valence-corrected chi connectivity index (χ4v) is 4.83. The monoisotopic (exact) mass is 550 g/mol. The Balaban J connectivity index is 1.11. The number of carbonyl (C=O) groups is 3. The molecule has 0 saturated heterocycles. The number of urea groups is 1. The van der Waals surface area contributed by atoms with E-state index in [0.717, 1.165) is 21.5 Å². The van der Waals surface area contributed by atoms with E-state index in [1.807, 2.05) is 84.9 Å². The van der Waals surface area contributed by atoms with Gasteiger partial charge in [-0.05, 0) is 59.3 Å². The van der Waals surface area contributed by atoms with Gasteiger partial charge < -0.3 is 21.3 Å². The summed E-state index contributed by atoms with van der Waals surface area (Å²) >= 11 is 0. The molecule has 0 aliphatic rings. The van der Waals surface area contributed by atoms with Gasteiger partial charge in [-0.25, -0.2) is 4.79 Å². The second-order valence-electron chi connectivity index (χ2n) is 9.70. The van der Waals surface area contributed by atoms with E-state index in [4.69, 9.17) is 0 Å². The molecule has 0 atom stereocenters. The first-order valence-corrected chi connectivity index (χ1v) is 13.4.